The largest absolute Gasteiger partial charge is 0.356 e. The van der Waals surface area contributed by atoms with Crippen molar-refractivity contribution in [1.29, 1.82) is 0 Å². The maximum Gasteiger partial charge on any atom is 0.191 e. The van der Waals surface area contributed by atoms with E-state index in [1.807, 2.05) is 18.8 Å². The summed E-state index contributed by atoms with van der Waals surface area (Å²) in [5.41, 5.74) is 0. The van der Waals surface area contributed by atoms with Crippen LogP contribution in [0.3, 0.4) is 0 Å². The van der Waals surface area contributed by atoms with Gasteiger partial charge in [-0.05, 0) is 50.4 Å². The Kier molecular flexibility index (Phi) is 7.98. The second-order valence-electron chi connectivity index (χ2n) is 4.95. The highest BCUT2D eigenvalue weighted by atomic mass is 32.2. The van der Waals surface area contributed by atoms with Crippen LogP contribution < -0.4 is 10.6 Å². The van der Waals surface area contributed by atoms with Crippen LogP contribution in [0, 0.1) is 0 Å². The van der Waals surface area contributed by atoms with Crippen molar-refractivity contribution in [3.05, 3.63) is 0 Å². The minimum Gasteiger partial charge on any atom is -0.356 e. The molecule has 1 heterocycles. The number of rotatable bonds is 7. The summed E-state index contributed by atoms with van der Waals surface area (Å²) in [4.78, 5) is 4.28. The first-order valence-corrected chi connectivity index (χ1v) is 9.15. The molecule has 0 saturated carbocycles. The monoisotopic (exact) mass is 289 g/mol. The lowest BCUT2D eigenvalue weighted by molar-refractivity contribution is 0.583. The number of hydrogen-bond donors (Lipinski definition) is 2. The lowest BCUT2D eigenvalue weighted by Crippen LogP contribution is -2.43. The van der Waals surface area contributed by atoms with E-state index in [1.54, 1.807) is 0 Å². The summed E-state index contributed by atoms with van der Waals surface area (Å²) >= 11 is 4.00. The van der Waals surface area contributed by atoms with Gasteiger partial charge in [-0.25, -0.2) is 0 Å². The van der Waals surface area contributed by atoms with Gasteiger partial charge in [-0.1, -0.05) is 0 Å². The van der Waals surface area contributed by atoms with Crippen molar-refractivity contribution in [3.63, 3.8) is 0 Å². The van der Waals surface area contributed by atoms with Crippen LogP contribution in [-0.4, -0.2) is 48.6 Å². The highest BCUT2D eigenvalue weighted by Crippen LogP contribution is 2.36. The number of aliphatic imine (C=N–C) groups is 1. The first kappa shape index (κ1) is 16.0. The third kappa shape index (κ3) is 6.23. The van der Waals surface area contributed by atoms with E-state index < -0.39 is 0 Å². The van der Waals surface area contributed by atoms with Crippen molar-refractivity contribution in [3.8, 4) is 0 Å². The predicted octanol–water partition coefficient (Wildman–Crippen LogP) is 2.58. The highest BCUT2D eigenvalue weighted by molar-refractivity contribution is 8.00. The summed E-state index contributed by atoms with van der Waals surface area (Å²) in [7, 11) is 1.85. The highest BCUT2D eigenvalue weighted by Gasteiger charge is 2.29. The van der Waals surface area contributed by atoms with Crippen LogP contribution >= 0.6 is 23.5 Å². The van der Waals surface area contributed by atoms with Crippen molar-refractivity contribution < 1.29 is 0 Å². The molecule has 0 amide bonds. The Balaban J connectivity index is 2.13. The topological polar surface area (TPSA) is 36.4 Å². The molecule has 0 radical (unpaired) electrons. The van der Waals surface area contributed by atoms with Crippen LogP contribution in [0.2, 0.25) is 0 Å². The normalized spacial score (nSPS) is 24.3. The summed E-state index contributed by atoms with van der Waals surface area (Å²) in [6, 6.07) is 0. The standard InChI is InChI=1S/C13H27N3S2/c1-13(7-6-10-18-13)11-16-12(14-2)15-8-4-5-9-17-3/h4-11H2,1-3H3,(H2,14,15,16). The fraction of sp³-hybridized carbons (Fsp3) is 0.923. The van der Waals surface area contributed by atoms with Crippen molar-refractivity contribution in [2.45, 2.75) is 37.4 Å². The van der Waals surface area contributed by atoms with E-state index in [0.29, 0.717) is 4.75 Å². The zero-order valence-electron chi connectivity index (χ0n) is 11.9. The zero-order chi connectivity index (χ0) is 13.3. The van der Waals surface area contributed by atoms with E-state index in [2.05, 4.69) is 40.6 Å². The molecule has 1 aliphatic heterocycles. The van der Waals surface area contributed by atoms with E-state index in [-0.39, 0.29) is 0 Å². The molecule has 0 aromatic rings. The van der Waals surface area contributed by atoms with Crippen LogP contribution in [0.15, 0.2) is 4.99 Å². The molecule has 18 heavy (non-hydrogen) atoms. The second-order valence-corrected chi connectivity index (χ2v) is 7.62. The summed E-state index contributed by atoms with van der Waals surface area (Å²) in [5, 5.41) is 6.85. The van der Waals surface area contributed by atoms with Gasteiger partial charge in [0.15, 0.2) is 5.96 Å². The van der Waals surface area contributed by atoms with E-state index in [0.717, 1.165) is 19.0 Å². The van der Waals surface area contributed by atoms with Gasteiger partial charge in [0.1, 0.15) is 0 Å². The first-order chi connectivity index (χ1) is 8.70. The molecular formula is C13H27N3S2. The first-order valence-electron chi connectivity index (χ1n) is 6.77. The fourth-order valence-corrected chi connectivity index (χ4v) is 3.78. The number of hydrogen-bond acceptors (Lipinski definition) is 3. The number of thioether (sulfide) groups is 2. The molecule has 0 aromatic heterocycles. The molecule has 0 aromatic carbocycles. The van der Waals surface area contributed by atoms with Crippen LogP contribution in [0.25, 0.3) is 0 Å². The molecule has 1 rings (SSSR count). The third-order valence-corrected chi connectivity index (χ3v) is 5.46. The van der Waals surface area contributed by atoms with Gasteiger partial charge in [0.25, 0.3) is 0 Å². The Bertz CT molecular complexity index is 251. The molecular weight excluding hydrogens is 262 g/mol. The van der Waals surface area contributed by atoms with Crippen LogP contribution in [0.4, 0.5) is 0 Å². The molecule has 1 unspecified atom stereocenters. The van der Waals surface area contributed by atoms with Crippen LogP contribution in [0.1, 0.15) is 32.6 Å². The smallest absolute Gasteiger partial charge is 0.191 e. The SMILES string of the molecule is CN=C(NCCCCSC)NCC1(C)CCCS1. The average Bonchev–Trinajstić information content (AvgIpc) is 2.80. The number of guanidine groups is 1. The molecule has 1 fully saturated rings. The molecule has 0 spiro atoms. The molecule has 1 aliphatic rings. The predicted molar refractivity (Wildman–Crippen MR) is 87.1 cm³/mol. The van der Waals surface area contributed by atoms with Gasteiger partial charge in [0, 0.05) is 24.9 Å². The summed E-state index contributed by atoms with van der Waals surface area (Å²) in [6.07, 6.45) is 7.32. The van der Waals surface area contributed by atoms with Gasteiger partial charge in [-0.2, -0.15) is 23.5 Å². The molecule has 0 aliphatic carbocycles. The van der Waals surface area contributed by atoms with Crippen molar-refractivity contribution >= 4 is 29.5 Å². The number of nitrogens with one attached hydrogen (secondary N) is 2. The molecule has 1 atom stereocenters. The second kappa shape index (κ2) is 8.97. The quantitative estimate of drug-likeness (QED) is 0.429. The van der Waals surface area contributed by atoms with Crippen molar-refractivity contribution in [2.24, 2.45) is 4.99 Å². The third-order valence-electron chi connectivity index (χ3n) is 3.22. The van der Waals surface area contributed by atoms with Crippen LogP contribution in [0.5, 0.6) is 0 Å². The maximum atomic E-state index is 4.28. The molecule has 3 nitrogen and oxygen atoms in total. The van der Waals surface area contributed by atoms with Gasteiger partial charge < -0.3 is 10.6 Å². The molecule has 2 N–H and O–H groups in total. The summed E-state index contributed by atoms with van der Waals surface area (Å²) < 4.78 is 0.399. The average molecular weight is 290 g/mol. The van der Waals surface area contributed by atoms with Gasteiger partial charge in [0.2, 0.25) is 0 Å². The van der Waals surface area contributed by atoms with E-state index in [9.17, 15) is 0 Å². The van der Waals surface area contributed by atoms with Gasteiger partial charge in [-0.3, -0.25) is 4.99 Å². The van der Waals surface area contributed by atoms with Gasteiger partial charge in [0.05, 0.1) is 0 Å². The van der Waals surface area contributed by atoms with E-state index in [1.165, 1.54) is 37.2 Å². The van der Waals surface area contributed by atoms with Gasteiger partial charge in [-0.15, -0.1) is 0 Å². The molecule has 1 saturated heterocycles. The fourth-order valence-electron chi connectivity index (χ4n) is 2.05. The maximum absolute atomic E-state index is 4.28. The Morgan fingerprint density at radius 2 is 2.22 bits per heavy atom. The minimum atomic E-state index is 0.399. The van der Waals surface area contributed by atoms with E-state index in [4.69, 9.17) is 0 Å². The molecule has 106 valence electrons. The summed E-state index contributed by atoms with van der Waals surface area (Å²) in [6.45, 7) is 4.38. The van der Waals surface area contributed by atoms with E-state index >= 15 is 0 Å². The van der Waals surface area contributed by atoms with Crippen LogP contribution in [-0.2, 0) is 0 Å². The Morgan fingerprint density at radius 1 is 1.39 bits per heavy atom. The van der Waals surface area contributed by atoms with Crippen molar-refractivity contribution in [2.75, 3.05) is 37.9 Å². The van der Waals surface area contributed by atoms with Crippen molar-refractivity contribution in [1.82, 2.24) is 10.6 Å². The molecule has 0 bridgehead atoms. The molecule has 5 heteroatoms. The Hall–Kier alpha value is -0.0300. The Labute approximate surface area is 120 Å². The Morgan fingerprint density at radius 3 is 2.83 bits per heavy atom. The lowest BCUT2D eigenvalue weighted by Gasteiger charge is -2.24. The minimum absolute atomic E-state index is 0.399. The summed E-state index contributed by atoms with van der Waals surface area (Å²) in [5.74, 6) is 3.51. The zero-order valence-corrected chi connectivity index (χ0v) is 13.6. The number of nitrogens with zero attached hydrogens (tertiary/aromatic N) is 1. The van der Waals surface area contributed by atoms with Gasteiger partial charge >= 0.3 is 0 Å². The lowest BCUT2D eigenvalue weighted by atomic mass is 10.1. The number of unbranched alkanes of at least 4 members (excludes halogenated alkanes) is 1.